The third-order valence-corrected chi connectivity index (χ3v) is 3.27. The maximum atomic E-state index is 11.5. The third kappa shape index (κ3) is 3.34. The summed E-state index contributed by atoms with van der Waals surface area (Å²) in [6.45, 7) is 4.45. The summed E-state index contributed by atoms with van der Waals surface area (Å²) >= 11 is 3.31. The quantitative estimate of drug-likeness (QED) is 0.846. The van der Waals surface area contributed by atoms with Gasteiger partial charge < -0.3 is 5.32 Å². The Morgan fingerprint density at radius 3 is 2.87 bits per heavy atom. The molecule has 0 radical (unpaired) electrons. The third-order valence-electron chi connectivity index (χ3n) is 2.21. The van der Waals surface area contributed by atoms with Gasteiger partial charge in [-0.3, -0.25) is 9.48 Å². The van der Waals surface area contributed by atoms with Crippen molar-refractivity contribution in [1.29, 1.82) is 0 Å². The summed E-state index contributed by atoms with van der Waals surface area (Å²) in [5, 5.41) is 7.07. The highest BCUT2D eigenvalue weighted by Crippen LogP contribution is 2.07. The highest BCUT2D eigenvalue weighted by molar-refractivity contribution is 9.10. The van der Waals surface area contributed by atoms with Crippen LogP contribution in [0.25, 0.3) is 0 Å². The Balaban J connectivity index is 2.50. The molecule has 0 saturated heterocycles. The normalized spacial score (nSPS) is 12.5. The average molecular weight is 274 g/mol. The molecule has 1 N–H and O–H groups in total. The minimum absolute atomic E-state index is 0.0285. The molecule has 0 aliphatic carbocycles. The smallest absolute Gasteiger partial charge is 0.234 e. The van der Waals surface area contributed by atoms with Crippen LogP contribution < -0.4 is 5.32 Å². The minimum Gasteiger partial charge on any atom is -0.351 e. The van der Waals surface area contributed by atoms with Crippen LogP contribution in [-0.4, -0.2) is 20.5 Å². The molecule has 0 bridgehead atoms. The Bertz CT molecular complexity index is 348. The van der Waals surface area contributed by atoms with Gasteiger partial charge in [0.25, 0.3) is 0 Å². The zero-order chi connectivity index (χ0) is 11.4. The highest BCUT2D eigenvalue weighted by atomic mass is 79.9. The van der Waals surface area contributed by atoms with Gasteiger partial charge in [-0.25, -0.2) is 0 Å². The first kappa shape index (κ1) is 12.2. The Kier molecular flexibility index (Phi) is 4.32. The Hall–Kier alpha value is -0.840. The monoisotopic (exact) mass is 273 g/mol. The number of hydrogen-bond acceptors (Lipinski definition) is 2. The lowest BCUT2D eigenvalue weighted by Gasteiger charge is -2.07. The van der Waals surface area contributed by atoms with E-state index in [1.165, 1.54) is 0 Å². The number of aromatic nitrogens is 2. The first-order valence-electron chi connectivity index (χ1n) is 4.95. The van der Waals surface area contributed by atoms with Crippen LogP contribution in [0.4, 0.5) is 0 Å². The Labute approximate surface area is 98.2 Å². The van der Waals surface area contributed by atoms with E-state index in [4.69, 9.17) is 0 Å². The second-order valence-corrected chi connectivity index (χ2v) is 4.61. The molecule has 0 aliphatic heterocycles. The average Bonchev–Trinajstić information content (AvgIpc) is 2.52. The van der Waals surface area contributed by atoms with Crippen LogP contribution >= 0.6 is 15.9 Å². The summed E-state index contributed by atoms with van der Waals surface area (Å²) in [7, 11) is 1.87. The van der Waals surface area contributed by atoms with Crippen LogP contribution in [-0.2, 0) is 18.4 Å². The van der Waals surface area contributed by atoms with E-state index < -0.39 is 0 Å². The van der Waals surface area contributed by atoms with Gasteiger partial charge in [0.1, 0.15) is 0 Å². The summed E-state index contributed by atoms with van der Waals surface area (Å²) in [6, 6.07) is 0. The number of hydrogen-bond donors (Lipinski definition) is 1. The number of nitrogens with zero attached hydrogens (tertiary/aromatic N) is 2. The fraction of sp³-hybridized carbons (Fsp3) is 0.600. The molecule has 1 rings (SSSR count). The first-order chi connectivity index (χ1) is 7.04. The lowest BCUT2D eigenvalue weighted by Crippen LogP contribution is -2.30. The zero-order valence-electron chi connectivity index (χ0n) is 9.25. The second-order valence-electron chi connectivity index (χ2n) is 3.51. The topological polar surface area (TPSA) is 46.9 Å². The van der Waals surface area contributed by atoms with Gasteiger partial charge in [-0.05, 0) is 13.3 Å². The molecule has 0 aromatic carbocycles. The van der Waals surface area contributed by atoms with E-state index in [0.717, 1.165) is 17.7 Å². The molecule has 1 heterocycles. The molecule has 1 unspecified atom stereocenters. The van der Waals surface area contributed by atoms with E-state index in [2.05, 4.69) is 26.3 Å². The van der Waals surface area contributed by atoms with Crippen molar-refractivity contribution in [2.45, 2.75) is 31.6 Å². The molecule has 0 fully saturated rings. The van der Waals surface area contributed by atoms with Gasteiger partial charge in [0.15, 0.2) is 0 Å². The van der Waals surface area contributed by atoms with E-state index in [-0.39, 0.29) is 10.7 Å². The summed E-state index contributed by atoms with van der Waals surface area (Å²) < 4.78 is 1.75. The minimum atomic E-state index is -0.102. The van der Waals surface area contributed by atoms with Crippen molar-refractivity contribution in [3.8, 4) is 0 Å². The largest absolute Gasteiger partial charge is 0.351 e. The predicted octanol–water partition coefficient (Wildman–Crippen LogP) is 1.52. The van der Waals surface area contributed by atoms with Crippen LogP contribution in [0, 0.1) is 6.92 Å². The molecule has 1 aromatic rings. The van der Waals surface area contributed by atoms with Crippen LogP contribution in [0.2, 0.25) is 0 Å². The van der Waals surface area contributed by atoms with Gasteiger partial charge in [0.2, 0.25) is 5.91 Å². The molecular formula is C10H16BrN3O. The van der Waals surface area contributed by atoms with Crippen molar-refractivity contribution in [3.63, 3.8) is 0 Å². The van der Waals surface area contributed by atoms with Crippen LogP contribution in [0.15, 0.2) is 6.20 Å². The Morgan fingerprint density at radius 1 is 1.73 bits per heavy atom. The fourth-order valence-electron chi connectivity index (χ4n) is 1.30. The van der Waals surface area contributed by atoms with Crippen molar-refractivity contribution < 1.29 is 4.79 Å². The molecule has 0 aliphatic rings. The lowest BCUT2D eigenvalue weighted by atomic mass is 10.2. The second kappa shape index (κ2) is 5.30. The molecule has 0 spiro atoms. The Morgan fingerprint density at radius 2 is 2.40 bits per heavy atom. The van der Waals surface area contributed by atoms with Gasteiger partial charge >= 0.3 is 0 Å². The predicted molar refractivity (Wildman–Crippen MR) is 62.8 cm³/mol. The van der Waals surface area contributed by atoms with Gasteiger partial charge in [-0.15, -0.1) is 0 Å². The van der Waals surface area contributed by atoms with Crippen molar-refractivity contribution in [2.75, 3.05) is 0 Å². The number of nitrogens with one attached hydrogen (secondary N) is 1. The molecular weight excluding hydrogens is 258 g/mol. The number of rotatable bonds is 4. The van der Waals surface area contributed by atoms with E-state index in [0.29, 0.717) is 6.54 Å². The van der Waals surface area contributed by atoms with E-state index in [9.17, 15) is 4.79 Å². The number of halogens is 1. The van der Waals surface area contributed by atoms with Gasteiger partial charge in [0, 0.05) is 25.4 Å². The van der Waals surface area contributed by atoms with Crippen LogP contribution in [0.1, 0.15) is 24.6 Å². The summed E-state index contributed by atoms with van der Waals surface area (Å²) in [5.74, 6) is 0.0285. The molecule has 84 valence electrons. The van der Waals surface area contributed by atoms with Crippen LogP contribution in [0.5, 0.6) is 0 Å². The van der Waals surface area contributed by atoms with Crippen molar-refractivity contribution in [1.82, 2.24) is 15.1 Å². The summed E-state index contributed by atoms with van der Waals surface area (Å²) in [5.41, 5.74) is 2.02. The maximum Gasteiger partial charge on any atom is 0.234 e. The standard InChI is InChI=1S/C10H16BrN3O/c1-4-9(11)10(15)12-5-8-6-14(3)13-7(8)2/h6,9H,4-5H2,1-3H3,(H,12,15). The SMILES string of the molecule is CCC(Br)C(=O)NCc1cn(C)nc1C. The van der Waals surface area contributed by atoms with E-state index in [1.54, 1.807) is 4.68 Å². The molecule has 0 saturated carbocycles. The van der Waals surface area contributed by atoms with Gasteiger partial charge in [-0.2, -0.15) is 5.10 Å². The fourth-order valence-corrected chi connectivity index (χ4v) is 1.46. The maximum absolute atomic E-state index is 11.5. The lowest BCUT2D eigenvalue weighted by molar-refractivity contribution is -0.120. The zero-order valence-corrected chi connectivity index (χ0v) is 10.8. The van der Waals surface area contributed by atoms with Crippen LogP contribution in [0.3, 0.4) is 0 Å². The number of aryl methyl sites for hydroxylation is 2. The molecule has 4 nitrogen and oxygen atoms in total. The summed E-state index contributed by atoms with van der Waals surface area (Å²) in [4.78, 5) is 11.4. The molecule has 15 heavy (non-hydrogen) atoms. The van der Waals surface area contributed by atoms with E-state index in [1.807, 2.05) is 27.1 Å². The molecule has 5 heteroatoms. The molecule has 1 atom stereocenters. The van der Waals surface area contributed by atoms with Crippen molar-refractivity contribution in [2.24, 2.45) is 7.05 Å². The first-order valence-corrected chi connectivity index (χ1v) is 5.87. The number of amides is 1. The van der Waals surface area contributed by atoms with Gasteiger partial charge in [-0.1, -0.05) is 22.9 Å². The summed E-state index contributed by atoms with van der Waals surface area (Å²) in [6.07, 6.45) is 2.71. The molecule has 1 amide bonds. The van der Waals surface area contributed by atoms with Gasteiger partial charge in [0.05, 0.1) is 10.5 Å². The highest BCUT2D eigenvalue weighted by Gasteiger charge is 2.12. The van der Waals surface area contributed by atoms with Crippen molar-refractivity contribution >= 4 is 21.8 Å². The van der Waals surface area contributed by atoms with Crippen molar-refractivity contribution in [3.05, 3.63) is 17.5 Å². The van der Waals surface area contributed by atoms with E-state index >= 15 is 0 Å². The number of carbonyl (C=O) groups is 1. The molecule has 1 aromatic heterocycles. The number of alkyl halides is 1. The number of carbonyl (C=O) groups excluding carboxylic acids is 1.